The largest absolute Gasteiger partial charge is 0.491 e. The summed E-state index contributed by atoms with van der Waals surface area (Å²) in [5.41, 5.74) is 13.9. The molecule has 0 saturated heterocycles. The van der Waals surface area contributed by atoms with Gasteiger partial charge in [-0.3, -0.25) is 29.1 Å². The fourth-order valence-corrected chi connectivity index (χ4v) is 7.70. The lowest BCUT2D eigenvalue weighted by Crippen LogP contribution is -2.18. The summed E-state index contributed by atoms with van der Waals surface area (Å²) in [6, 6.07) is 4.61. The molecule has 6 aromatic rings. The van der Waals surface area contributed by atoms with Crippen molar-refractivity contribution in [3.05, 3.63) is 85.4 Å². The van der Waals surface area contributed by atoms with Crippen molar-refractivity contribution < 1.29 is 33.4 Å². The van der Waals surface area contributed by atoms with Crippen LogP contribution in [0.15, 0.2) is 46.0 Å². The molecule has 55 heavy (non-hydrogen) atoms. The fourth-order valence-electron chi connectivity index (χ4n) is 5.76. The number of hydrogen-bond donors (Lipinski definition) is 4. The number of hydrogen-bond acceptors (Lipinski definition) is 13. The van der Waals surface area contributed by atoms with Gasteiger partial charge in [-0.25, -0.2) is 19.9 Å². The molecule has 0 aliphatic carbocycles. The summed E-state index contributed by atoms with van der Waals surface area (Å²) in [7, 11) is 0. The average molecular weight is 787 g/mol. The summed E-state index contributed by atoms with van der Waals surface area (Å²) in [5, 5.41) is 13.1. The summed E-state index contributed by atoms with van der Waals surface area (Å²) in [5.74, 6) is -1.51. The third kappa shape index (κ3) is 8.22. The van der Waals surface area contributed by atoms with Crippen molar-refractivity contribution in [2.24, 2.45) is 16.5 Å². The lowest BCUT2D eigenvalue weighted by atomic mass is 10.1. The fraction of sp³-hybridized carbons (Fsp3) is 0.306. The number of aliphatic hydroxyl groups is 1. The Labute approximate surface area is 321 Å². The number of aliphatic hydroxyl groups excluding tert-OH is 1. The minimum atomic E-state index is -0.692. The van der Waals surface area contributed by atoms with Crippen LogP contribution in [-0.2, 0) is 25.9 Å². The molecule has 19 heteroatoms. The quantitative estimate of drug-likeness (QED) is 0.0860. The number of allylic oxidation sites excluding steroid dienone is 2. The maximum Gasteiger partial charge on any atom is 0.317 e. The van der Waals surface area contributed by atoms with E-state index in [1.165, 1.54) is 29.7 Å². The molecule has 0 spiro atoms. The first-order valence-electron chi connectivity index (χ1n) is 17.3. The number of ether oxygens (including phenoxy) is 1. The van der Waals surface area contributed by atoms with Crippen LogP contribution in [0, 0.1) is 13.8 Å². The number of primary amides is 2. The van der Waals surface area contributed by atoms with E-state index in [1.807, 2.05) is 32.9 Å². The highest BCUT2D eigenvalue weighted by Crippen LogP contribution is 2.32. The maximum atomic E-state index is 13.6. The number of nitrogens with one attached hydrogen (secondary N) is 1. The van der Waals surface area contributed by atoms with Crippen LogP contribution in [0.25, 0.3) is 21.4 Å². The van der Waals surface area contributed by atoms with Crippen LogP contribution in [0.1, 0.15) is 83.5 Å². The van der Waals surface area contributed by atoms with Gasteiger partial charge in [0.25, 0.3) is 5.91 Å². The van der Waals surface area contributed by atoms with Gasteiger partial charge in [-0.1, -0.05) is 37.3 Å². The zero-order valence-corrected chi connectivity index (χ0v) is 32.0. The Bertz CT molecular complexity index is 2560. The number of pyridine rings is 1. The minimum Gasteiger partial charge on any atom is -0.491 e. The number of nitrogens with zero attached hydrogens (tertiary/aromatic N) is 7. The molecular weight excluding hydrogens is 749 g/mol. The molecule has 0 saturated carbocycles. The second kappa shape index (κ2) is 16.5. The number of carbonyl (C=O) groups excluding carboxylic acids is 4. The smallest absolute Gasteiger partial charge is 0.317 e. The first kappa shape index (κ1) is 38.7. The lowest BCUT2D eigenvalue weighted by molar-refractivity contribution is 0.0965. The number of anilines is 1. The van der Waals surface area contributed by atoms with Gasteiger partial charge in [-0.05, 0) is 38.0 Å². The summed E-state index contributed by atoms with van der Waals surface area (Å²) < 4.78 is 15.6. The molecule has 0 aliphatic rings. The first-order valence-corrected chi connectivity index (χ1v) is 18.9. The number of carbonyl (C=O) groups is 4. The Balaban J connectivity index is 1.41. The van der Waals surface area contributed by atoms with Crippen LogP contribution >= 0.6 is 22.7 Å². The van der Waals surface area contributed by atoms with Gasteiger partial charge in [-0.15, -0.1) is 11.3 Å². The number of aromatic nitrogens is 6. The maximum absolute atomic E-state index is 13.6. The van der Waals surface area contributed by atoms with E-state index in [9.17, 15) is 24.3 Å². The van der Waals surface area contributed by atoms with E-state index in [0.29, 0.717) is 67.6 Å². The highest BCUT2D eigenvalue weighted by atomic mass is 32.1. The molecule has 5 aromatic heterocycles. The number of fused-ring (bicyclic) bond motifs is 2. The average Bonchev–Trinajstić information content (AvgIpc) is 3.92. The third-order valence-electron chi connectivity index (χ3n) is 8.30. The molecule has 5 heterocycles. The summed E-state index contributed by atoms with van der Waals surface area (Å²) in [4.78, 5) is 74.2. The number of imidazole rings is 1. The highest BCUT2D eigenvalue weighted by molar-refractivity contribution is 7.16. The second-order valence-corrected chi connectivity index (χ2v) is 14.4. The molecule has 4 amide bonds. The van der Waals surface area contributed by atoms with Crippen LogP contribution in [0.2, 0.25) is 0 Å². The van der Waals surface area contributed by atoms with Gasteiger partial charge >= 0.3 is 5.91 Å². The third-order valence-corrected chi connectivity index (χ3v) is 10.3. The van der Waals surface area contributed by atoms with E-state index in [1.54, 1.807) is 22.1 Å². The van der Waals surface area contributed by atoms with Crippen LogP contribution in [-0.4, -0.2) is 71.0 Å². The molecule has 0 bridgehead atoms. The molecule has 17 nitrogen and oxygen atoms in total. The monoisotopic (exact) mass is 786 g/mol. The Hall–Kier alpha value is -6.05. The van der Waals surface area contributed by atoms with Crippen LogP contribution in [0.5, 0.6) is 5.75 Å². The van der Waals surface area contributed by atoms with Crippen molar-refractivity contribution in [3.63, 3.8) is 0 Å². The van der Waals surface area contributed by atoms with Crippen molar-refractivity contribution >= 4 is 73.6 Å². The number of rotatable bonds is 15. The standard InChI is InChI=1S/C36H38N10O7S2/c1-5-22-28(53-18(3)40-22)33(50)44-36-46(32-26(55-36)16-21(17-39-32)31(38)49)11-8-7-10-45-27-24(14-20(30(37)48)15-25(27)52-13-9-12-47)42-35(45)43-34(51)29-23(6-2)41-19(4)54-29/h7-8,14-17,47H,5-6,9-13H2,1-4H3,(H2,37,48)(H2,38,49)(H,42,43,51)/b8-7+,44-36-. The number of aryl methyl sites for hydroxylation is 4. The summed E-state index contributed by atoms with van der Waals surface area (Å²) in [6.07, 6.45) is 6.36. The summed E-state index contributed by atoms with van der Waals surface area (Å²) >= 11 is 2.43. The van der Waals surface area contributed by atoms with Crippen LogP contribution in [0.4, 0.5) is 5.95 Å². The van der Waals surface area contributed by atoms with Gasteiger partial charge in [0, 0.05) is 44.8 Å². The lowest BCUT2D eigenvalue weighted by Gasteiger charge is -2.12. The van der Waals surface area contributed by atoms with E-state index >= 15 is 0 Å². The van der Waals surface area contributed by atoms with Crippen molar-refractivity contribution in [2.45, 2.75) is 60.0 Å². The van der Waals surface area contributed by atoms with Gasteiger partial charge in [0.1, 0.15) is 16.1 Å². The van der Waals surface area contributed by atoms with E-state index in [0.717, 1.165) is 16.3 Å². The molecule has 0 unspecified atom stereocenters. The van der Waals surface area contributed by atoms with Gasteiger partial charge in [0.2, 0.25) is 23.5 Å². The molecular formula is C36H38N10O7S2. The van der Waals surface area contributed by atoms with E-state index < -0.39 is 23.6 Å². The van der Waals surface area contributed by atoms with Crippen LogP contribution in [0.3, 0.4) is 0 Å². The molecule has 0 atom stereocenters. The number of thiazole rings is 2. The molecule has 6 N–H and O–H groups in total. The van der Waals surface area contributed by atoms with E-state index in [4.69, 9.17) is 20.6 Å². The predicted octanol–water partition coefficient (Wildman–Crippen LogP) is 3.84. The number of amides is 4. The molecule has 1 aromatic carbocycles. The van der Waals surface area contributed by atoms with E-state index in [2.05, 4.69) is 30.2 Å². The second-order valence-electron chi connectivity index (χ2n) is 12.2. The number of benzene rings is 1. The van der Waals surface area contributed by atoms with Crippen LogP contribution < -0.4 is 26.3 Å². The van der Waals surface area contributed by atoms with Gasteiger partial charge in [0.15, 0.2) is 16.3 Å². The Morgan fingerprint density at radius 1 is 0.964 bits per heavy atom. The first-order chi connectivity index (χ1) is 26.4. The molecule has 0 fully saturated rings. The SMILES string of the molecule is CCc1nc(C)oc1C(=O)/N=c1\sc2cc(C(N)=O)cnc2n1C/C=C/Cn1c(NC(=O)c2sc(C)nc2CC)nc2cc(C(N)=O)cc(OCCCO)c21. The molecule has 0 radical (unpaired) electrons. The Morgan fingerprint density at radius 3 is 2.38 bits per heavy atom. The van der Waals surface area contributed by atoms with Crippen molar-refractivity contribution in [3.8, 4) is 5.75 Å². The van der Waals surface area contributed by atoms with Gasteiger partial charge < -0.3 is 30.3 Å². The van der Waals surface area contributed by atoms with E-state index in [-0.39, 0.29) is 54.9 Å². The minimum absolute atomic E-state index is 0.0444. The van der Waals surface area contributed by atoms with Crippen molar-refractivity contribution in [1.82, 2.24) is 29.1 Å². The zero-order chi connectivity index (χ0) is 39.4. The van der Waals surface area contributed by atoms with Crippen molar-refractivity contribution in [1.29, 1.82) is 0 Å². The zero-order valence-electron chi connectivity index (χ0n) is 30.4. The topological polar surface area (TPSA) is 249 Å². The summed E-state index contributed by atoms with van der Waals surface area (Å²) in [6.45, 7) is 7.63. The van der Waals surface area contributed by atoms with Gasteiger partial charge in [-0.2, -0.15) is 4.99 Å². The normalized spacial score (nSPS) is 12.0. The highest BCUT2D eigenvalue weighted by Gasteiger charge is 2.23. The number of nitrogens with two attached hydrogens (primary N) is 2. The molecule has 6 rings (SSSR count). The molecule has 286 valence electrons. The Kier molecular flexibility index (Phi) is 11.6. The van der Waals surface area contributed by atoms with Gasteiger partial charge in [0.05, 0.1) is 38.8 Å². The van der Waals surface area contributed by atoms with Crippen molar-refractivity contribution in [2.75, 3.05) is 18.5 Å². The predicted molar refractivity (Wildman–Crippen MR) is 205 cm³/mol. The molecule has 0 aliphatic heterocycles. The Morgan fingerprint density at radius 2 is 1.69 bits per heavy atom. The number of oxazole rings is 1.